The van der Waals surface area contributed by atoms with Crippen molar-refractivity contribution < 1.29 is 13.9 Å². The minimum atomic E-state index is -0.342. The summed E-state index contributed by atoms with van der Waals surface area (Å²) in [7, 11) is 0. The number of hydrogen-bond acceptors (Lipinski definition) is 7. The van der Waals surface area contributed by atoms with Gasteiger partial charge in [0.2, 0.25) is 5.89 Å². The van der Waals surface area contributed by atoms with Gasteiger partial charge < -0.3 is 14.1 Å². The first-order valence-corrected chi connectivity index (χ1v) is 10.7. The lowest BCUT2D eigenvalue weighted by molar-refractivity contribution is 0.0526. The van der Waals surface area contributed by atoms with E-state index in [2.05, 4.69) is 19.8 Å². The highest BCUT2D eigenvalue weighted by molar-refractivity contribution is 6.30. The number of aromatic nitrogens is 2. The number of rotatable bonds is 6. The van der Waals surface area contributed by atoms with Crippen LogP contribution in [0.4, 0.5) is 5.82 Å². The molecule has 0 saturated carbocycles. The summed E-state index contributed by atoms with van der Waals surface area (Å²) in [4.78, 5) is 25.4. The zero-order valence-corrected chi connectivity index (χ0v) is 18.4. The number of carbonyl (C=O) groups excluding carboxylic acids is 1. The summed E-state index contributed by atoms with van der Waals surface area (Å²) in [6.07, 6.45) is 1.58. The van der Waals surface area contributed by atoms with Crippen LogP contribution < -0.4 is 4.90 Å². The average molecular weight is 441 g/mol. The molecule has 0 bridgehead atoms. The Morgan fingerprint density at radius 3 is 2.52 bits per heavy atom. The Hall–Kier alpha value is -2.90. The highest BCUT2D eigenvalue weighted by Gasteiger charge is 2.21. The van der Waals surface area contributed by atoms with Crippen LogP contribution in [0.15, 0.2) is 47.0 Å². The Morgan fingerprint density at radius 2 is 1.87 bits per heavy atom. The maximum atomic E-state index is 11.8. The maximum absolute atomic E-state index is 11.8. The fourth-order valence-corrected chi connectivity index (χ4v) is 3.75. The van der Waals surface area contributed by atoms with E-state index < -0.39 is 0 Å². The first-order valence-electron chi connectivity index (χ1n) is 10.4. The van der Waals surface area contributed by atoms with Crippen LogP contribution in [0, 0.1) is 6.92 Å². The van der Waals surface area contributed by atoms with Crippen LogP contribution in [-0.4, -0.2) is 53.6 Å². The quantitative estimate of drug-likeness (QED) is 0.532. The Bertz CT molecular complexity index is 1030. The molecule has 0 amide bonds. The van der Waals surface area contributed by atoms with Crippen molar-refractivity contribution in [3.8, 4) is 11.3 Å². The largest absolute Gasteiger partial charge is 0.462 e. The molecule has 0 spiro atoms. The van der Waals surface area contributed by atoms with E-state index in [1.165, 1.54) is 0 Å². The number of hydrogen-bond donors (Lipinski definition) is 0. The smallest absolute Gasteiger partial charge is 0.339 e. The van der Waals surface area contributed by atoms with Gasteiger partial charge in [0.25, 0.3) is 0 Å². The number of pyridine rings is 1. The van der Waals surface area contributed by atoms with Gasteiger partial charge in [0.05, 0.1) is 24.4 Å². The first kappa shape index (κ1) is 21.3. The highest BCUT2D eigenvalue weighted by Crippen LogP contribution is 2.26. The van der Waals surface area contributed by atoms with Crippen LogP contribution in [0.3, 0.4) is 0 Å². The molecule has 0 radical (unpaired) electrons. The molecule has 0 atom stereocenters. The molecule has 0 unspecified atom stereocenters. The number of esters is 1. The first-order chi connectivity index (χ1) is 15.0. The topological polar surface area (TPSA) is 71.7 Å². The van der Waals surface area contributed by atoms with E-state index in [1.54, 1.807) is 19.2 Å². The fourth-order valence-electron chi connectivity index (χ4n) is 3.62. The van der Waals surface area contributed by atoms with Crippen molar-refractivity contribution in [2.24, 2.45) is 0 Å². The third-order valence-corrected chi connectivity index (χ3v) is 5.51. The van der Waals surface area contributed by atoms with E-state index in [4.69, 9.17) is 20.8 Å². The number of piperazine rings is 1. The van der Waals surface area contributed by atoms with Crippen molar-refractivity contribution in [2.75, 3.05) is 37.7 Å². The van der Waals surface area contributed by atoms with Crippen LogP contribution in [0.1, 0.15) is 28.9 Å². The summed E-state index contributed by atoms with van der Waals surface area (Å²) in [5, 5.41) is 0.698. The van der Waals surface area contributed by atoms with E-state index in [0.29, 0.717) is 29.6 Å². The van der Waals surface area contributed by atoms with Crippen LogP contribution in [0.5, 0.6) is 0 Å². The Balaban J connectivity index is 1.34. The molecule has 1 fully saturated rings. The van der Waals surface area contributed by atoms with Gasteiger partial charge in [-0.05, 0) is 50.2 Å². The van der Waals surface area contributed by atoms with Gasteiger partial charge in [0.1, 0.15) is 5.82 Å². The molecule has 1 aromatic carbocycles. The van der Waals surface area contributed by atoms with Crippen molar-refractivity contribution in [1.29, 1.82) is 0 Å². The number of ether oxygens (including phenoxy) is 1. The number of aryl methyl sites for hydroxylation is 1. The lowest BCUT2D eigenvalue weighted by Crippen LogP contribution is -2.46. The molecule has 8 heteroatoms. The van der Waals surface area contributed by atoms with Gasteiger partial charge in [-0.15, -0.1) is 0 Å². The minimum Gasteiger partial charge on any atom is -0.462 e. The third kappa shape index (κ3) is 5.06. The Labute approximate surface area is 186 Å². The van der Waals surface area contributed by atoms with Crippen molar-refractivity contribution in [3.05, 3.63) is 64.8 Å². The number of anilines is 1. The van der Waals surface area contributed by atoms with E-state index in [1.807, 2.05) is 37.3 Å². The number of halogens is 1. The molecule has 4 rings (SSSR count). The predicted molar refractivity (Wildman–Crippen MR) is 119 cm³/mol. The number of nitrogens with zero attached hydrogens (tertiary/aromatic N) is 4. The summed E-state index contributed by atoms with van der Waals surface area (Å²) in [6, 6.07) is 11.2. The second-order valence-electron chi connectivity index (χ2n) is 7.42. The summed E-state index contributed by atoms with van der Waals surface area (Å²) >= 11 is 5.98. The van der Waals surface area contributed by atoms with Gasteiger partial charge in [0.15, 0.2) is 5.76 Å². The van der Waals surface area contributed by atoms with Crippen LogP contribution >= 0.6 is 11.6 Å². The van der Waals surface area contributed by atoms with Gasteiger partial charge >= 0.3 is 5.97 Å². The van der Waals surface area contributed by atoms with Gasteiger partial charge in [-0.25, -0.2) is 14.8 Å². The molecule has 0 aliphatic carbocycles. The molecular weight excluding hydrogens is 416 g/mol. The number of benzene rings is 1. The average Bonchev–Trinajstić information content (AvgIpc) is 3.15. The van der Waals surface area contributed by atoms with Gasteiger partial charge in [-0.1, -0.05) is 11.6 Å². The molecule has 0 N–H and O–H groups in total. The lowest BCUT2D eigenvalue weighted by atomic mass is 10.1. The number of oxazole rings is 1. The van der Waals surface area contributed by atoms with Gasteiger partial charge in [0, 0.05) is 43.0 Å². The van der Waals surface area contributed by atoms with E-state index in [9.17, 15) is 4.79 Å². The van der Waals surface area contributed by atoms with Gasteiger partial charge in [-0.2, -0.15) is 0 Å². The molecule has 3 heterocycles. The van der Waals surface area contributed by atoms with Crippen molar-refractivity contribution in [1.82, 2.24) is 14.9 Å². The molecule has 1 aliphatic rings. The summed E-state index contributed by atoms with van der Waals surface area (Å²) in [6.45, 7) is 8.20. The van der Waals surface area contributed by atoms with Gasteiger partial charge in [-0.3, -0.25) is 4.90 Å². The molecule has 2 aromatic heterocycles. The Kier molecular flexibility index (Phi) is 6.53. The molecular formula is C23H25ClN4O3. The lowest BCUT2D eigenvalue weighted by Gasteiger charge is -2.34. The maximum Gasteiger partial charge on any atom is 0.339 e. The summed E-state index contributed by atoms with van der Waals surface area (Å²) < 4.78 is 11.1. The van der Waals surface area contributed by atoms with E-state index in [-0.39, 0.29) is 5.97 Å². The van der Waals surface area contributed by atoms with Crippen LogP contribution in [-0.2, 0) is 11.3 Å². The highest BCUT2D eigenvalue weighted by atomic mass is 35.5. The third-order valence-electron chi connectivity index (χ3n) is 5.26. The zero-order chi connectivity index (χ0) is 21.8. The van der Waals surface area contributed by atoms with Crippen LogP contribution in [0.2, 0.25) is 5.02 Å². The second-order valence-corrected chi connectivity index (χ2v) is 7.85. The second kappa shape index (κ2) is 9.49. The van der Waals surface area contributed by atoms with Crippen LogP contribution in [0.25, 0.3) is 11.3 Å². The minimum absolute atomic E-state index is 0.342. The van der Waals surface area contributed by atoms with Crippen molar-refractivity contribution in [2.45, 2.75) is 20.4 Å². The summed E-state index contributed by atoms with van der Waals surface area (Å²) in [5.74, 6) is 2.03. The normalized spacial score (nSPS) is 14.6. The van der Waals surface area contributed by atoms with Crippen molar-refractivity contribution >= 4 is 23.4 Å². The molecule has 3 aromatic rings. The zero-order valence-electron chi connectivity index (χ0n) is 17.7. The molecule has 7 nitrogen and oxygen atoms in total. The Morgan fingerprint density at radius 1 is 1.13 bits per heavy atom. The predicted octanol–water partition coefficient (Wildman–Crippen LogP) is 4.20. The fraction of sp³-hybridized carbons (Fsp3) is 0.348. The monoisotopic (exact) mass is 440 g/mol. The molecule has 162 valence electrons. The standard InChI is InChI=1S/C23H25ClN4O3/c1-3-30-23(29)18-6-9-20(25-14-18)28-12-10-27(11-13-28)15-21-26-16(2)22(31-21)17-4-7-19(24)8-5-17/h4-9,14H,3,10-13,15H2,1-2H3. The molecule has 1 saturated heterocycles. The SMILES string of the molecule is CCOC(=O)c1ccc(N2CCN(Cc3nc(C)c(-c4ccc(Cl)cc4)o3)CC2)nc1. The van der Waals surface area contributed by atoms with Crippen molar-refractivity contribution in [3.63, 3.8) is 0 Å². The van der Waals surface area contributed by atoms with E-state index >= 15 is 0 Å². The number of carbonyl (C=O) groups is 1. The molecule has 31 heavy (non-hydrogen) atoms. The molecule has 1 aliphatic heterocycles. The van der Waals surface area contributed by atoms with E-state index in [0.717, 1.165) is 49.0 Å². The summed E-state index contributed by atoms with van der Waals surface area (Å²) in [5.41, 5.74) is 2.32.